The molecule has 0 radical (unpaired) electrons. The molecule has 0 aliphatic carbocycles. The maximum absolute atomic E-state index is 12.6. The number of aliphatic hydroxyl groups excluding tert-OH is 2. The molecule has 0 saturated carbocycles. The quantitative estimate of drug-likeness (QED) is 0.351. The summed E-state index contributed by atoms with van der Waals surface area (Å²) in [4.78, 5) is 47.3. The lowest BCUT2D eigenvalue weighted by atomic mass is 10.0. The van der Waals surface area contributed by atoms with E-state index in [1.54, 1.807) is 30.3 Å². The van der Waals surface area contributed by atoms with Crippen LogP contribution in [-0.2, 0) is 14.3 Å². The van der Waals surface area contributed by atoms with Crippen LogP contribution in [-0.4, -0.2) is 76.2 Å². The predicted molar refractivity (Wildman–Crippen MR) is 133 cm³/mol. The van der Waals surface area contributed by atoms with Gasteiger partial charge in [-0.25, -0.2) is 9.78 Å². The number of anilines is 2. The summed E-state index contributed by atoms with van der Waals surface area (Å²) in [6.07, 6.45) is -3.20. The van der Waals surface area contributed by atoms with Gasteiger partial charge < -0.3 is 30.3 Å². The van der Waals surface area contributed by atoms with Crippen molar-refractivity contribution in [3.8, 4) is 5.88 Å². The van der Waals surface area contributed by atoms with Crippen LogP contribution in [0, 0.1) is 0 Å². The molecular weight excluding hydrogens is 502 g/mol. The summed E-state index contributed by atoms with van der Waals surface area (Å²) in [5, 5.41) is 26.8. The van der Waals surface area contributed by atoms with E-state index in [1.807, 2.05) is 0 Å². The number of nitrogens with zero attached hydrogens (tertiary/aromatic N) is 3. The van der Waals surface area contributed by atoms with Crippen LogP contribution in [0.4, 0.5) is 16.2 Å². The van der Waals surface area contributed by atoms with Gasteiger partial charge in [0.2, 0.25) is 11.0 Å². The van der Waals surface area contributed by atoms with Crippen molar-refractivity contribution in [3.05, 3.63) is 48.2 Å². The molecule has 2 aromatic heterocycles. The molecular formula is C24H23N5O7S. The molecule has 4 N–H and O–H groups in total. The minimum absolute atomic E-state index is 0.0112. The minimum Gasteiger partial charge on any atom is -0.481 e. The number of rotatable bonds is 7. The van der Waals surface area contributed by atoms with Gasteiger partial charge in [0.25, 0.3) is 5.91 Å². The van der Waals surface area contributed by atoms with Gasteiger partial charge in [0.1, 0.15) is 12.2 Å². The summed E-state index contributed by atoms with van der Waals surface area (Å²) in [7, 11) is 1.45. The van der Waals surface area contributed by atoms with Gasteiger partial charge in [0.05, 0.1) is 43.5 Å². The molecule has 12 nitrogen and oxygen atoms in total. The Kier molecular flexibility index (Phi) is 6.82. The monoisotopic (exact) mass is 525 g/mol. The maximum Gasteiger partial charge on any atom is 0.414 e. The molecule has 1 saturated heterocycles. The third kappa shape index (κ3) is 5.01. The Labute approximate surface area is 215 Å². The van der Waals surface area contributed by atoms with E-state index in [0.717, 1.165) is 22.3 Å². The van der Waals surface area contributed by atoms with Crippen LogP contribution in [0.25, 0.3) is 11.0 Å². The van der Waals surface area contributed by atoms with Crippen molar-refractivity contribution >= 4 is 51.3 Å². The highest BCUT2D eigenvalue weighted by Crippen LogP contribution is 2.35. The second kappa shape index (κ2) is 10.2. The number of benzene rings is 1. The van der Waals surface area contributed by atoms with Crippen molar-refractivity contribution in [1.29, 1.82) is 0 Å². The van der Waals surface area contributed by atoms with Crippen molar-refractivity contribution in [2.45, 2.75) is 23.2 Å². The van der Waals surface area contributed by atoms with Crippen LogP contribution < -0.4 is 20.3 Å². The molecule has 2 aliphatic rings. The topological polar surface area (TPSA) is 163 Å². The number of aliphatic hydroxyl groups is 2. The molecule has 192 valence electrons. The number of carbonyl (C=O) groups is 3. The number of pyridine rings is 2. The normalized spacial score (nSPS) is 18.6. The van der Waals surface area contributed by atoms with Gasteiger partial charge in [-0.3, -0.25) is 19.5 Å². The lowest BCUT2D eigenvalue weighted by Gasteiger charge is -2.20. The van der Waals surface area contributed by atoms with E-state index in [0.29, 0.717) is 22.6 Å². The average Bonchev–Trinajstić information content (AvgIpc) is 3.30. The number of amides is 2. The van der Waals surface area contributed by atoms with Crippen LogP contribution in [0.3, 0.4) is 0 Å². The van der Waals surface area contributed by atoms with Gasteiger partial charge in [0, 0.05) is 28.4 Å². The zero-order chi connectivity index (χ0) is 26.1. The number of carbonyl (C=O) groups excluding carboxylic acids is 3. The van der Waals surface area contributed by atoms with E-state index in [-0.39, 0.29) is 30.3 Å². The number of aromatic nitrogens is 2. The summed E-state index contributed by atoms with van der Waals surface area (Å²) in [5.74, 6) is -0.544. The Morgan fingerprint density at radius 3 is 2.95 bits per heavy atom. The molecule has 0 bridgehead atoms. The van der Waals surface area contributed by atoms with E-state index in [2.05, 4.69) is 20.6 Å². The number of ether oxygens (including phenoxy) is 2. The zero-order valence-corrected chi connectivity index (χ0v) is 20.4. The third-order valence-electron chi connectivity index (χ3n) is 5.98. The van der Waals surface area contributed by atoms with Crippen molar-refractivity contribution in [2.75, 3.05) is 37.0 Å². The number of hydrogen-bond donors (Lipinski definition) is 4. The fourth-order valence-corrected chi connectivity index (χ4v) is 4.86. The van der Waals surface area contributed by atoms with E-state index in [1.165, 1.54) is 24.3 Å². The highest BCUT2D eigenvalue weighted by molar-refractivity contribution is 8.14. The Hall–Kier alpha value is -3.94. The molecule has 1 fully saturated rings. The fourth-order valence-electron chi connectivity index (χ4n) is 4.09. The molecule has 3 atom stereocenters. The van der Waals surface area contributed by atoms with Gasteiger partial charge in [0.15, 0.2) is 6.10 Å². The summed E-state index contributed by atoms with van der Waals surface area (Å²) in [6.45, 7) is 0.302. The number of cyclic esters (lactones) is 1. The molecule has 5 rings (SSSR count). The second-order valence-electron chi connectivity index (χ2n) is 8.38. The van der Waals surface area contributed by atoms with E-state index in [9.17, 15) is 24.6 Å². The van der Waals surface area contributed by atoms with E-state index >= 15 is 0 Å². The molecule has 3 aromatic rings. The van der Waals surface area contributed by atoms with Crippen molar-refractivity contribution < 1.29 is 34.1 Å². The summed E-state index contributed by atoms with van der Waals surface area (Å²) in [5.41, 5.74) is 2.31. The number of hydrogen-bond acceptors (Lipinski definition) is 11. The van der Waals surface area contributed by atoms with Crippen molar-refractivity contribution in [1.82, 2.24) is 15.3 Å². The maximum atomic E-state index is 12.6. The number of nitrogens with one attached hydrogen (secondary N) is 2. The Morgan fingerprint density at radius 1 is 1.30 bits per heavy atom. The van der Waals surface area contributed by atoms with Crippen LogP contribution >= 0.6 is 11.8 Å². The number of thioether (sulfide) groups is 1. The minimum atomic E-state index is -1.81. The standard InChI is InChI=1S/C24H23N5O7S/c1-35-18-5-3-15-20(28-18)14(6-7-25-15)21(31)22(32)23(33)27-9-13-11-29(24(34)36-13)12-2-4-17-16(8-12)26-10-19(30)37-17/h2-8,13,21-22,26,31-32H,9-11H2,1H3,(H,27,33)/t13-,21+,22-/m1/s1. The predicted octanol–water partition coefficient (Wildman–Crippen LogP) is 1.22. The largest absolute Gasteiger partial charge is 0.481 e. The molecule has 0 unspecified atom stereocenters. The summed E-state index contributed by atoms with van der Waals surface area (Å²) >= 11 is 1.14. The molecule has 0 spiro atoms. The Balaban J connectivity index is 1.21. The first-order chi connectivity index (χ1) is 17.8. The highest BCUT2D eigenvalue weighted by Gasteiger charge is 2.34. The van der Waals surface area contributed by atoms with Gasteiger partial charge in [-0.2, -0.15) is 0 Å². The molecule has 2 aliphatic heterocycles. The third-order valence-corrected chi connectivity index (χ3v) is 6.93. The van der Waals surface area contributed by atoms with Crippen LogP contribution in [0.1, 0.15) is 11.7 Å². The van der Waals surface area contributed by atoms with Crippen LogP contribution in [0.15, 0.2) is 47.5 Å². The van der Waals surface area contributed by atoms with Gasteiger partial charge in [-0.15, -0.1) is 0 Å². The molecule has 4 heterocycles. The lowest BCUT2D eigenvalue weighted by molar-refractivity contribution is -0.135. The molecule has 1 aromatic carbocycles. The lowest BCUT2D eigenvalue weighted by Crippen LogP contribution is -2.42. The zero-order valence-electron chi connectivity index (χ0n) is 19.6. The fraction of sp³-hybridized carbons (Fsp3) is 0.292. The summed E-state index contributed by atoms with van der Waals surface area (Å²) < 4.78 is 10.5. The molecule has 13 heteroatoms. The van der Waals surface area contributed by atoms with Gasteiger partial charge >= 0.3 is 6.09 Å². The number of methoxy groups -OCH3 is 1. The van der Waals surface area contributed by atoms with Crippen LogP contribution in [0.5, 0.6) is 5.88 Å². The van der Waals surface area contributed by atoms with E-state index in [4.69, 9.17) is 9.47 Å². The Bertz CT molecular complexity index is 1390. The Morgan fingerprint density at radius 2 is 2.14 bits per heavy atom. The highest BCUT2D eigenvalue weighted by atomic mass is 32.2. The van der Waals surface area contributed by atoms with Gasteiger partial charge in [-0.1, -0.05) is 0 Å². The second-order valence-corrected chi connectivity index (χ2v) is 9.48. The van der Waals surface area contributed by atoms with Gasteiger partial charge in [-0.05, 0) is 42.1 Å². The first kappa shape index (κ1) is 24.7. The van der Waals surface area contributed by atoms with E-state index < -0.39 is 30.3 Å². The van der Waals surface area contributed by atoms with Crippen LogP contribution in [0.2, 0.25) is 0 Å². The van der Waals surface area contributed by atoms with Crippen molar-refractivity contribution in [3.63, 3.8) is 0 Å². The SMILES string of the molecule is COc1ccc2nccc([C@H](O)[C@@H](O)C(=O)NC[C@@H]3CN(c4ccc5c(c4)NCC(=O)S5)C(=O)O3)c2n1. The number of fused-ring (bicyclic) bond motifs is 2. The molecule has 37 heavy (non-hydrogen) atoms. The molecule has 2 amide bonds. The average molecular weight is 526 g/mol. The summed E-state index contributed by atoms with van der Waals surface area (Å²) in [6, 6.07) is 9.97. The first-order valence-electron chi connectivity index (χ1n) is 11.3. The van der Waals surface area contributed by atoms with Crippen molar-refractivity contribution in [2.24, 2.45) is 0 Å². The smallest absolute Gasteiger partial charge is 0.414 e. The first-order valence-corrected chi connectivity index (χ1v) is 12.2.